The number of fused-ring (bicyclic) bond motifs is 1. The molecule has 1 unspecified atom stereocenters. The fourth-order valence-corrected chi connectivity index (χ4v) is 2.95. The largest absolute Gasteiger partial charge is 0.508 e. The fraction of sp³-hybridized carbons (Fsp3) is 0.167. The first kappa shape index (κ1) is 17.4. The van der Waals surface area contributed by atoms with Crippen LogP contribution in [0.2, 0.25) is 0 Å². The molecule has 0 saturated heterocycles. The minimum atomic E-state index is -1.18. The summed E-state index contributed by atoms with van der Waals surface area (Å²) < 4.78 is 0. The molecule has 0 radical (unpaired) electrons. The van der Waals surface area contributed by atoms with Crippen LogP contribution in [0.3, 0.4) is 0 Å². The molecule has 0 amide bonds. The predicted octanol–water partition coefficient (Wildman–Crippen LogP) is 2.74. The summed E-state index contributed by atoms with van der Waals surface area (Å²) >= 11 is 0. The molecule has 0 aliphatic carbocycles. The molecule has 1 aromatic heterocycles. The Kier molecular flexibility index (Phi) is 4.85. The summed E-state index contributed by atoms with van der Waals surface area (Å²) in [6.07, 6.45) is 2.29. The maximum atomic E-state index is 11.6. The molecule has 1 atom stereocenters. The lowest BCUT2D eigenvalue weighted by Crippen LogP contribution is -2.30. The van der Waals surface area contributed by atoms with E-state index in [1.54, 1.807) is 30.5 Å². The minimum Gasteiger partial charge on any atom is -0.508 e. The van der Waals surface area contributed by atoms with Gasteiger partial charge in [-0.15, -0.1) is 0 Å². The summed E-state index contributed by atoms with van der Waals surface area (Å²) in [6, 6.07) is 9.59. The van der Waals surface area contributed by atoms with E-state index in [0.29, 0.717) is 13.0 Å². The molecular formula is C18H17N3O5. The van der Waals surface area contributed by atoms with E-state index in [2.05, 4.69) is 10.3 Å². The Labute approximate surface area is 148 Å². The third kappa shape index (κ3) is 3.50. The van der Waals surface area contributed by atoms with E-state index in [0.717, 1.165) is 16.5 Å². The van der Waals surface area contributed by atoms with E-state index in [9.17, 15) is 25.1 Å². The van der Waals surface area contributed by atoms with Crippen LogP contribution in [0.15, 0.2) is 48.7 Å². The zero-order chi connectivity index (χ0) is 18.7. The van der Waals surface area contributed by atoms with E-state index in [1.165, 1.54) is 18.2 Å². The van der Waals surface area contributed by atoms with Gasteiger partial charge in [0.25, 0.3) is 5.69 Å². The Morgan fingerprint density at radius 3 is 2.77 bits per heavy atom. The molecule has 4 N–H and O–H groups in total. The Morgan fingerprint density at radius 2 is 2.04 bits per heavy atom. The summed E-state index contributed by atoms with van der Waals surface area (Å²) in [4.78, 5) is 25.2. The van der Waals surface area contributed by atoms with Gasteiger partial charge in [-0.05, 0) is 36.2 Å². The molecule has 0 aliphatic heterocycles. The van der Waals surface area contributed by atoms with Crippen molar-refractivity contribution in [1.82, 2.24) is 10.3 Å². The highest BCUT2D eigenvalue weighted by Gasteiger charge is 2.26. The van der Waals surface area contributed by atoms with Crippen molar-refractivity contribution in [2.24, 2.45) is 0 Å². The van der Waals surface area contributed by atoms with Gasteiger partial charge in [0.15, 0.2) is 0 Å². The molecule has 8 heteroatoms. The maximum absolute atomic E-state index is 11.6. The maximum Gasteiger partial charge on any atom is 0.325 e. The molecule has 26 heavy (non-hydrogen) atoms. The number of nitrogens with zero attached hydrogens (tertiary/aromatic N) is 1. The van der Waals surface area contributed by atoms with Crippen LogP contribution < -0.4 is 5.32 Å². The second-order valence-corrected chi connectivity index (χ2v) is 5.84. The number of hydrogen-bond donors (Lipinski definition) is 4. The third-order valence-corrected chi connectivity index (χ3v) is 4.19. The zero-order valence-electron chi connectivity index (χ0n) is 13.7. The number of carboxylic acid groups (broad SMARTS) is 1. The van der Waals surface area contributed by atoms with Crippen molar-refractivity contribution in [1.29, 1.82) is 0 Å². The van der Waals surface area contributed by atoms with E-state index >= 15 is 0 Å². The van der Waals surface area contributed by atoms with Crippen LogP contribution >= 0.6 is 0 Å². The smallest absolute Gasteiger partial charge is 0.325 e. The summed E-state index contributed by atoms with van der Waals surface area (Å²) in [5.41, 5.74) is 1.66. The molecule has 0 bridgehead atoms. The first-order valence-corrected chi connectivity index (χ1v) is 7.96. The number of aromatic hydroxyl groups is 1. The molecular weight excluding hydrogens is 338 g/mol. The first-order valence-electron chi connectivity index (χ1n) is 7.96. The Morgan fingerprint density at radius 1 is 1.27 bits per heavy atom. The van der Waals surface area contributed by atoms with Crippen molar-refractivity contribution in [3.05, 3.63) is 69.9 Å². The second-order valence-electron chi connectivity index (χ2n) is 5.84. The number of aromatic amines is 1. The number of aromatic nitrogens is 1. The van der Waals surface area contributed by atoms with Gasteiger partial charge in [0.05, 0.1) is 10.5 Å². The zero-order valence-corrected chi connectivity index (χ0v) is 13.7. The molecule has 8 nitrogen and oxygen atoms in total. The van der Waals surface area contributed by atoms with Gasteiger partial charge in [-0.2, -0.15) is 0 Å². The Balaban J connectivity index is 1.77. The lowest BCUT2D eigenvalue weighted by molar-refractivity contribution is -0.385. The van der Waals surface area contributed by atoms with Gasteiger partial charge in [-0.1, -0.05) is 12.1 Å². The highest BCUT2D eigenvalue weighted by Crippen LogP contribution is 2.26. The van der Waals surface area contributed by atoms with Crippen molar-refractivity contribution < 1.29 is 19.9 Å². The number of benzene rings is 2. The lowest BCUT2D eigenvalue weighted by Gasteiger charge is -2.14. The van der Waals surface area contributed by atoms with E-state index in [-0.39, 0.29) is 17.0 Å². The number of nitro groups is 1. The van der Waals surface area contributed by atoms with Crippen molar-refractivity contribution in [2.45, 2.75) is 12.5 Å². The molecule has 0 saturated carbocycles. The molecule has 0 spiro atoms. The highest BCUT2D eigenvalue weighted by atomic mass is 16.6. The van der Waals surface area contributed by atoms with E-state index < -0.39 is 16.9 Å². The van der Waals surface area contributed by atoms with Gasteiger partial charge in [0.2, 0.25) is 0 Å². The first-order chi connectivity index (χ1) is 12.5. The number of rotatable bonds is 7. The second kappa shape index (κ2) is 7.24. The third-order valence-electron chi connectivity index (χ3n) is 4.19. The topological polar surface area (TPSA) is 128 Å². The summed E-state index contributed by atoms with van der Waals surface area (Å²) in [5.74, 6) is -1.04. The average molecular weight is 355 g/mol. The van der Waals surface area contributed by atoms with Crippen LogP contribution in [0.5, 0.6) is 5.75 Å². The Bertz CT molecular complexity index is 966. The van der Waals surface area contributed by atoms with Gasteiger partial charge < -0.3 is 20.5 Å². The molecule has 1 heterocycles. The Hall–Kier alpha value is -3.39. The molecule has 0 aliphatic rings. The van der Waals surface area contributed by atoms with Crippen molar-refractivity contribution in [3.63, 3.8) is 0 Å². The molecule has 2 aromatic carbocycles. The standard InChI is InChI=1S/C18H17N3O5/c22-12-5-6-15-14(9-12)11(10-20-15)7-8-19-17(18(23)24)13-3-1-2-4-16(13)21(25)26/h1-6,9-10,17,19-20,22H,7-8H2,(H,23,24). The van der Waals surface area contributed by atoms with E-state index in [4.69, 9.17) is 0 Å². The van der Waals surface area contributed by atoms with Crippen molar-refractivity contribution in [3.8, 4) is 5.75 Å². The number of phenols is 1. The number of para-hydroxylation sites is 1. The number of aliphatic carboxylic acids is 1. The monoisotopic (exact) mass is 355 g/mol. The molecule has 134 valence electrons. The van der Waals surface area contributed by atoms with Crippen LogP contribution in [0.4, 0.5) is 5.69 Å². The van der Waals surface area contributed by atoms with Crippen LogP contribution in [-0.4, -0.2) is 32.6 Å². The number of nitro benzene ring substituents is 1. The predicted molar refractivity (Wildman–Crippen MR) is 95.1 cm³/mol. The minimum absolute atomic E-state index is 0.113. The van der Waals surface area contributed by atoms with Gasteiger partial charge in [-0.3, -0.25) is 14.9 Å². The summed E-state index contributed by atoms with van der Waals surface area (Å²) in [6.45, 7) is 0.297. The number of phenolic OH excluding ortho intramolecular Hbond substituents is 1. The highest BCUT2D eigenvalue weighted by molar-refractivity contribution is 5.84. The van der Waals surface area contributed by atoms with Crippen LogP contribution in [0, 0.1) is 10.1 Å². The van der Waals surface area contributed by atoms with Crippen molar-refractivity contribution in [2.75, 3.05) is 6.54 Å². The number of hydrogen-bond acceptors (Lipinski definition) is 5. The van der Waals surface area contributed by atoms with E-state index in [1.807, 2.05) is 0 Å². The van der Waals surface area contributed by atoms with Crippen LogP contribution in [0.1, 0.15) is 17.2 Å². The normalized spacial score (nSPS) is 12.2. The van der Waals surface area contributed by atoms with Gasteiger partial charge >= 0.3 is 5.97 Å². The average Bonchev–Trinajstić information content (AvgIpc) is 3.00. The van der Waals surface area contributed by atoms with Gasteiger partial charge in [0, 0.05) is 29.7 Å². The number of carboxylic acids is 1. The molecule has 0 fully saturated rings. The van der Waals surface area contributed by atoms with Crippen LogP contribution in [0.25, 0.3) is 10.9 Å². The number of H-pyrrole nitrogens is 1. The fourth-order valence-electron chi connectivity index (χ4n) is 2.95. The molecule has 3 rings (SSSR count). The van der Waals surface area contributed by atoms with Crippen molar-refractivity contribution >= 4 is 22.6 Å². The number of nitrogens with one attached hydrogen (secondary N) is 2. The quantitative estimate of drug-likeness (QED) is 0.381. The summed E-state index contributed by atoms with van der Waals surface area (Å²) in [5, 5.41) is 34.0. The van der Waals surface area contributed by atoms with Gasteiger partial charge in [0.1, 0.15) is 11.8 Å². The number of carbonyl (C=O) groups is 1. The SMILES string of the molecule is O=C(O)C(NCCc1c[nH]c2ccc(O)cc12)c1ccccc1[N+](=O)[O-]. The summed E-state index contributed by atoms with van der Waals surface area (Å²) in [7, 11) is 0. The lowest BCUT2D eigenvalue weighted by atomic mass is 10.0. The van der Waals surface area contributed by atoms with Gasteiger partial charge in [-0.25, -0.2) is 0 Å². The molecule has 3 aromatic rings. The van der Waals surface area contributed by atoms with Crippen LogP contribution in [-0.2, 0) is 11.2 Å².